The molecule has 0 saturated heterocycles. The van der Waals surface area contributed by atoms with E-state index < -0.39 is 11.6 Å². The SMILES string of the molecule is O=c1ccnc(-c2nn(Cc3cccc(F)c3F)c3ncccc23)[nH]1. The van der Waals surface area contributed by atoms with Gasteiger partial charge in [0.25, 0.3) is 5.56 Å². The van der Waals surface area contributed by atoms with Gasteiger partial charge in [-0.05, 0) is 18.2 Å². The Labute approximate surface area is 139 Å². The number of nitrogens with zero attached hydrogens (tertiary/aromatic N) is 4. The van der Waals surface area contributed by atoms with Crippen LogP contribution in [0.1, 0.15) is 5.56 Å². The number of hydrogen-bond donors (Lipinski definition) is 1. The third kappa shape index (κ3) is 2.67. The Balaban J connectivity index is 1.88. The summed E-state index contributed by atoms with van der Waals surface area (Å²) >= 11 is 0. The van der Waals surface area contributed by atoms with Gasteiger partial charge in [-0.2, -0.15) is 5.10 Å². The van der Waals surface area contributed by atoms with Crippen LogP contribution in [-0.2, 0) is 6.54 Å². The van der Waals surface area contributed by atoms with Crippen molar-refractivity contribution in [1.82, 2.24) is 24.7 Å². The van der Waals surface area contributed by atoms with Crippen LogP contribution in [0.25, 0.3) is 22.6 Å². The van der Waals surface area contributed by atoms with Gasteiger partial charge in [-0.1, -0.05) is 12.1 Å². The lowest BCUT2D eigenvalue weighted by molar-refractivity contribution is 0.493. The van der Waals surface area contributed by atoms with Crippen molar-refractivity contribution >= 4 is 11.0 Å². The van der Waals surface area contributed by atoms with Crippen molar-refractivity contribution in [3.8, 4) is 11.5 Å². The summed E-state index contributed by atoms with van der Waals surface area (Å²) in [4.78, 5) is 22.5. The topological polar surface area (TPSA) is 76.5 Å². The fourth-order valence-electron chi connectivity index (χ4n) is 2.62. The maximum atomic E-state index is 14.0. The Morgan fingerprint density at radius 1 is 1.04 bits per heavy atom. The summed E-state index contributed by atoms with van der Waals surface area (Å²) in [5, 5.41) is 5.05. The molecule has 0 atom stereocenters. The number of rotatable bonds is 3. The zero-order valence-electron chi connectivity index (χ0n) is 12.8. The van der Waals surface area contributed by atoms with Crippen LogP contribution in [-0.4, -0.2) is 24.7 Å². The molecule has 0 aliphatic heterocycles. The summed E-state index contributed by atoms with van der Waals surface area (Å²) < 4.78 is 28.9. The first-order valence-electron chi connectivity index (χ1n) is 7.43. The van der Waals surface area contributed by atoms with E-state index in [9.17, 15) is 13.6 Å². The molecule has 8 heteroatoms. The highest BCUT2D eigenvalue weighted by Crippen LogP contribution is 2.24. The first kappa shape index (κ1) is 15.1. The Kier molecular flexibility index (Phi) is 3.57. The first-order valence-corrected chi connectivity index (χ1v) is 7.43. The molecule has 0 spiro atoms. The average molecular weight is 339 g/mol. The summed E-state index contributed by atoms with van der Waals surface area (Å²) in [6.07, 6.45) is 2.95. The minimum absolute atomic E-state index is 0.00578. The number of halogens is 2. The molecule has 1 aromatic carbocycles. The van der Waals surface area contributed by atoms with Gasteiger partial charge in [-0.15, -0.1) is 0 Å². The minimum atomic E-state index is -0.921. The van der Waals surface area contributed by atoms with E-state index in [4.69, 9.17) is 0 Å². The number of nitrogens with one attached hydrogen (secondary N) is 1. The fourth-order valence-corrected chi connectivity index (χ4v) is 2.62. The number of aromatic nitrogens is 5. The predicted molar refractivity (Wildman–Crippen MR) is 86.8 cm³/mol. The molecule has 3 heterocycles. The lowest BCUT2D eigenvalue weighted by Crippen LogP contribution is -2.08. The molecule has 0 aliphatic carbocycles. The quantitative estimate of drug-likeness (QED) is 0.622. The van der Waals surface area contributed by atoms with Crippen molar-refractivity contribution in [1.29, 1.82) is 0 Å². The standard InChI is InChI=1S/C17H11F2N5O/c18-12-5-1-3-10(14(12)19)9-24-17-11(4-2-7-21-17)15(23-24)16-20-8-6-13(25)22-16/h1-8H,9H2,(H,20,22,25). The van der Waals surface area contributed by atoms with Gasteiger partial charge in [0, 0.05) is 24.0 Å². The second kappa shape index (κ2) is 5.90. The summed E-state index contributed by atoms with van der Waals surface area (Å²) in [5.74, 6) is -1.56. The second-order valence-electron chi connectivity index (χ2n) is 5.38. The smallest absolute Gasteiger partial charge is 0.251 e. The Morgan fingerprint density at radius 2 is 1.92 bits per heavy atom. The van der Waals surface area contributed by atoms with Gasteiger partial charge in [0.05, 0.1) is 11.9 Å². The first-order chi connectivity index (χ1) is 12.1. The number of aromatic amines is 1. The van der Waals surface area contributed by atoms with Gasteiger partial charge in [-0.3, -0.25) is 4.79 Å². The number of benzene rings is 1. The molecule has 6 nitrogen and oxygen atoms in total. The number of fused-ring (bicyclic) bond motifs is 1. The third-order valence-electron chi connectivity index (χ3n) is 3.75. The van der Waals surface area contributed by atoms with Crippen LogP contribution in [0.4, 0.5) is 8.78 Å². The molecule has 0 amide bonds. The number of H-pyrrole nitrogens is 1. The summed E-state index contributed by atoms with van der Waals surface area (Å²) in [7, 11) is 0. The summed E-state index contributed by atoms with van der Waals surface area (Å²) in [5.41, 5.74) is 0.731. The Hall–Kier alpha value is -3.42. The van der Waals surface area contributed by atoms with Crippen molar-refractivity contribution in [3.05, 3.63) is 76.3 Å². The molecule has 0 fully saturated rings. The van der Waals surface area contributed by atoms with E-state index in [2.05, 4.69) is 20.1 Å². The molecule has 0 saturated carbocycles. The normalized spacial score (nSPS) is 11.1. The highest BCUT2D eigenvalue weighted by molar-refractivity contribution is 5.89. The van der Waals surface area contributed by atoms with Crippen molar-refractivity contribution in [3.63, 3.8) is 0 Å². The van der Waals surface area contributed by atoms with E-state index in [0.717, 1.165) is 6.07 Å². The molecular formula is C17H11F2N5O. The fraction of sp³-hybridized carbons (Fsp3) is 0.0588. The lowest BCUT2D eigenvalue weighted by Gasteiger charge is -2.05. The molecule has 3 aromatic heterocycles. The van der Waals surface area contributed by atoms with Gasteiger partial charge >= 0.3 is 0 Å². The molecule has 1 N–H and O–H groups in total. The van der Waals surface area contributed by atoms with Gasteiger partial charge in [0.2, 0.25) is 0 Å². The van der Waals surface area contributed by atoms with Gasteiger partial charge < -0.3 is 4.98 Å². The van der Waals surface area contributed by atoms with E-state index in [-0.39, 0.29) is 23.5 Å². The summed E-state index contributed by atoms with van der Waals surface area (Å²) in [6, 6.07) is 8.77. The van der Waals surface area contributed by atoms with Crippen LogP contribution < -0.4 is 5.56 Å². The van der Waals surface area contributed by atoms with Crippen LogP contribution in [0, 0.1) is 11.6 Å². The maximum absolute atomic E-state index is 14.0. The van der Waals surface area contributed by atoms with Crippen molar-refractivity contribution in [2.75, 3.05) is 0 Å². The van der Waals surface area contributed by atoms with E-state index in [1.807, 2.05) is 0 Å². The minimum Gasteiger partial charge on any atom is -0.305 e. The van der Waals surface area contributed by atoms with E-state index in [1.54, 1.807) is 18.3 Å². The average Bonchev–Trinajstić information content (AvgIpc) is 2.98. The van der Waals surface area contributed by atoms with Crippen LogP contribution >= 0.6 is 0 Å². The molecule has 0 unspecified atom stereocenters. The zero-order chi connectivity index (χ0) is 17.4. The molecule has 0 radical (unpaired) electrons. The van der Waals surface area contributed by atoms with Crippen molar-refractivity contribution < 1.29 is 8.78 Å². The van der Waals surface area contributed by atoms with E-state index in [0.29, 0.717) is 16.7 Å². The molecule has 124 valence electrons. The third-order valence-corrected chi connectivity index (χ3v) is 3.75. The lowest BCUT2D eigenvalue weighted by atomic mass is 10.2. The maximum Gasteiger partial charge on any atom is 0.251 e. The van der Waals surface area contributed by atoms with Crippen molar-refractivity contribution in [2.24, 2.45) is 0 Å². The molecule has 4 rings (SSSR count). The Bertz CT molecular complexity index is 1140. The predicted octanol–water partition coefficient (Wildman–Crippen LogP) is 2.51. The molecule has 25 heavy (non-hydrogen) atoms. The largest absolute Gasteiger partial charge is 0.305 e. The van der Waals surface area contributed by atoms with Crippen LogP contribution in [0.15, 0.2) is 53.6 Å². The second-order valence-corrected chi connectivity index (χ2v) is 5.38. The molecule has 0 aliphatic rings. The highest BCUT2D eigenvalue weighted by Gasteiger charge is 2.17. The van der Waals surface area contributed by atoms with E-state index >= 15 is 0 Å². The van der Waals surface area contributed by atoms with Crippen LogP contribution in [0.2, 0.25) is 0 Å². The van der Waals surface area contributed by atoms with Crippen molar-refractivity contribution in [2.45, 2.75) is 6.54 Å². The Morgan fingerprint density at radius 3 is 2.76 bits per heavy atom. The van der Waals surface area contributed by atoms with E-state index in [1.165, 1.54) is 29.1 Å². The van der Waals surface area contributed by atoms with Gasteiger partial charge in [0.1, 0.15) is 5.69 Å². The van der Waals surface area contributed by atoms with Crippen LogP contribution in [0.5, 0.6) is 0 Å². The summed E-state index contributed by atoms with van der Waals surface area (Å²) in [6.45, 7) is -0.00578. The zero-order valence-corrected chi connectivity index (χ0v) is 12.8. The van der Waals surface area contributed by atoms with Crippen LogP contribution in [0.3, 0.4) is 0 Å². The monoisotopic (exact) mass is 339 g/mol. The molecule has 4 aromatic rings. The molecule has 0 bridgehead atoms. The van der Waals surface area contributed by atoms with Gasteiger partial charge in [0.15, 0.2) is 23.1 Å². The number of pyridine rings is 1. The van der Waals surface area contributed by atoms with Gasteiger partial charge in [-0.25, -0.2) is 23.4 Å². The highest BCUT2D eigenvalue weighted by atomic mass is 19.2. The molecular weight excluding hydrogens is 328 g/mol. The number of hydrogen-bond acceptors (Lipinski definition) is 4.